The van der Waals surface area contributed by atoms with Gasteiger partial charge in [-0.15, -0.1) is 48.6 Å². The molecule has 0 aliphatic rings. The van der Waals surface area contributed by atoms with Crippen LogP contribution in [0.5, 0.6) is 0 Å². The number of nitrogens with one attached hydrogen (secondary N) is 2. The van der Waals surface area contributed by atoms with Crippen molar-refractivity contribution in [2.45, 2.75) is 18.4 Å². The molecule has 2 rings (SSSR count). The van der Waals surface area contributed by atoms with E-state index >= 15 is 0 Å². The molecule has 0 bridgehead atoms. The Kier molecular flexibility index (Phi) is 19.9. The summed E-state index contributed by atoms with van der Waals surface area (Å²) in [5, 5.41) is 7.66. The molecule has 0 aliphatic heterocycles. The van der Waals surface area contributed by atoms with Gasteiger partial charge in [-0.2, -0.15) is 23.5 Å². The molecule has 0 spiro atoms. The molecule has 0 saturated heterocycles. The Hall–Kier alpha value is 0.230. The standard InChI is InChI=1S/C15H23N5S4.3ClH/c1-12-13(20-11-19-12)9-22-6-3-17-15(21-2)18-4-7-23-10-14-16-5-8-24-14;;;/h5,8,11H,3-4,6-7,9-10H2,1-2H3,(H,17,18)(H,19,20);3*1H. The maximum atomic E-state index is 4.63. The number of thiazole rings is 1. The summed E-state index contributed by atoms with van der Waals surface area (Å²) >= 11 is 7.16. The van der Waals surface area contributed by atoms with Gasteiger partial charge in [0.2, 0.25) is 0 Å². The highest BCUT2D eigenvalue weighted by molar-refractivity contribution is 8.13. The second-order valence-electron chi connectivity index (χ2n) is 4.82. The summed E-state index contributed by atoms with van der Waals surface area (Å²) in [5.74, 6) is 4.01. The highest BCUT2D eigenvalue weighted by Gasteiger charge is 2.01. The molecule has 0 saturated carbocycles. The third-order valence-corrected chi connectivity index (χ3v) is 6.63. The number of H-pyrrole nitrogens is 1. The third kappa shape index (κ3) is 12.4. The van der Waals surface area contributed by atoms with Crippen molar-refractivity contribution in [2.24, 2.45) is 4.99 Å². The van der Waals surface area contributed by atoms with E-state index in [1.54, 1.807) is 29.4 Å². The van der Waals surface area contributed by atoms with Gasteiger partial charge in [0.15, 0.2) is 5.17 Å². The topological polar surface area (TPSA) is 66.0 Å². The fourth-order valence-electron chi connectivity index (χ4n) is 1.82. The molecule has 0 unspecified atom stereocenters. The minimum Gasteiger partial charge on any atom is -0.364 e. The minimum absolute atomic E-state index is 0. The van der Waals surface area contributed by atoms with Crippen LogP contribution >= 0.6 is 83.8 Å². The Morgan fingerprint density at radius 3 is 2.59 bits per heavy atom. The molecule has 12 heteroatoms. The zero-order valence-corrected chi connectivity index (χ0v) is 20.9. The smallest absolute Gasteiger partial charge is 0.156 e. The molecule has 0 aromatic carbocycles. The number of aryl methyl sites for hydroxylation is 1. The van der Waals surface area contributed by atoms with Crippen molar-refractivity contribution in [1.82, 2.24) is 20.3 Å². The van der Waals surface area contributed by atoms with Crippen molar-refractivity contribution in [1.29, 1.82) is 0 Å². The van der Waals surface area contributed by atoms with Gasteiger partial charge < -0.3 is 10.3 Å². The van der Waals surface area contributed by atoms with E-state index in [2.05, 4.69) is 38.4 Å². The molecule has 0 radical (unpaired) electrons. The van der Waals surface area contributed by atoms with E-state index in [1.165, 1.54) is 5.01 Å². The van der Waals surface area contributed by atoms with E-state index in [1.807, 2.05) is 35.1 Å². The molecule has 2 N–H and O–H groups in total. The fraction of sp³-hybridized carbons (Fsp3) is 0.533. The maximum Gasteiger partial charge on any atom is 0.156 e. The van der Waals surface area contributed by atoms with Crippen LogP contribution in [0, 0.1) is 6.92 Å². The van der Waals surface area contributed by atoms with Crippen molar-refractivity contribution in [2.75, 3.05) is 30.9 Å². The Bertz CT molecular complexity index is 610. The number of amidine groups is 1. The lowest BCUT2D eigenvalue weighted by Crippen LogP contribution is -2.23. The number of imidazole rings is 1. The number of hydrogen-bond donors (Lipinski definition) is 2. The zero-order valence-electron chi connectivity index (χ0n) is 15.2. The molecule has 5 nitrogen and oxygen atoms in total. The van der Waals surface area contributed by atoms with E-state index in [0.29, 0.717) is 0 Å². The number of thioether (sulfide) groups is 3. The number of aliphatic imine (C=N–C) groups is 1. The van der Waals surface area contributed by atoms with Gasteiger partial charge in [0.1, 0.15) is 5.01 Å². The van der Waals surface area contributed by atoms with Crippen molar-refractivity contribution < 1.29 is 0 Å². The molecule has 27 heavy (non-hydrogen) atoms. The summed E-state index contributed by atoms with van der Waals surface area (Å²) in [6.45, 7) is 3.84. The Balaban J connectivity index is 0. The SMILES string of the molecule is CSC(=NCCSCc1nccs1)NCCSCc1nc[nH]c1C.Cl.Cl.Cl. The first-order valence-corrected chi connectivity index (χ1v) is 12.1. The summed E-state index contributed by atoms with van der Waals surface area (Å²) in [4.78, 5) is 16.3. The number of rotatable bonds is 10. The van der Waals surface area contributed by atoms with E-state index in [9.17, 15) is 0 Å². The van der Waals surface area contributed by atoms with Gasteiger partial charge in [0, 0.05) is 46.8 Å². The van der Waals surface area contributed by atoms with Crippen LogP contribution < -0.4 is 5.32 Å². The average Bonchev–Trinajstić information content (AvgIpc) is 3.24. The van der Waals surface area contributed by atoms with Crippen LogP contribution in [0.4, 0.5) is 0 Å². The van der Waals surface area contributed by atoms with Gasteiger partial charge in [-0.3, -0.25) is 4.99 Å². The first-order valence-electron chi connectivity index (χ1n) is 7.64. The van der Waals surface area contributed by atoms with Gasteiger partial charge in [-0.1, -0.05) is 11.8 Å². The monoisotopic (exact) mass is 509 g/mol. The predicted molar refractivity (Wildman–Crippen MR) is 133 cm³/mol. The van der Waals surface area contributed by atoms with E-state index < -0.39 is 0 Å². The van der Waals surface area contributed by atoms with Gasteiger partial charge in [-0.05, 0) is 13.2 Å². The summed E-state index contributed by atoms with van der Waals surface area (Å²) in [6.07, 6.45) is 5.68. The van der Waals surface area contributed by atoms with Gasteiger partial charge in [-0.25, -0.2) is 9.97 Å². The van der Waals surface area contributed by atoms with Crippen LogP contribution in [0.2, 0.25) is 0 Å². The maximum absolute atomic E-state index is 4.63. The summed E-state index contributed by atoms with van der Waals surface area (Å²) in [5.41, 5.74) is 2.31. The summed E-state index contributed by atoms with van der Waals surface area (Å²) < 4.78 is 0. The third-order valence-electron chi connectivity index (χ3n) is 3.09. The number of halogens is 3. The Morgan fingerprint density at radius 2 is 1.96 bits per heavy atom. The highest BCUT2D eigenvalue weighted by Crippen LogP contribution is 2.14. The van der Waals surface area contributed by atoms with E-state index in [-0.39, 0.29) is 37.2 Å². The number of aromatic amines is 1. The van der Waals surface area contributed by atoms with Gasteiger partial charge in [0.25, 0.3) is 0 Å². The Labute approximate surface area is 196 Å². The molecule has 0 fully saturated rings. The first-order chi connectivity index (χ1) is 11.8. The molecule has 2 heterocycles. The molecule has 0 amide bonds. The molecular weight excluding hydrogens is 485 g/mol. The van der Waals surface area contributed by atoms with Crippen molar-refractivity contribution in [3.05, 3.63) is 34.3 Å². The van der Waals surface area contributed by atoms with Crippen molar-refractivity contribution in [3.63, 3.8) is 0 Å². The average molecular weight is 511 g/mol. The number of aromatic nitrogens is 3. The molecule has 0 atom stereocenters. The molecule has 156 valence electrons. The number of hydrogen-bond acceptors (Lipinski definition) is 7. The quantitative estimate of drug-likeness (QED) is 0.269. The molecule has 2 aromatic heterocycles. The second-order valence-corrected chi connectivity index (χ2v) is 8.81. The lowest BCUT2D eigenvalue weighted by molar-refractivity contribution is 0.974. The Morgan fingerprint density at radius 1 is 1.19 bits per heavy atom. The highest BCUT2D eigenvalue weighted by atomic mass is 35.5. The van der Waals surface area contributed by atoms with Crippen molar-refractivity contribution in [3.8, 4) is 0 Å². The fourth-order valence-corrected chi connectivity index (χ4v) is 4.70. The van der Waals surface area contributed by atoms with Crippen LogP contribution in [-0.4, -0.2) is 51.0 Å². The lowest BCUT2D eigenvalue weighted by Gasteiger charge is -2.07. The molecule has 2 aromatic rings. The zero-order chi connectivity index (χ0) is 17.0. The summed E-state index contributed by atoms with van der Waals surface area (Å²) in [7, 11) is 0. The summed E-state index contributed by atoms with van der Waals surface area (Å²) in [6, 6.07) is 0. The van der Waals surface area contributed by atoms with Crippen LogP contribution in [-0.2, 0) is 11.5 Å². The molecular formula is C15H26Cl3N5S4. The number of nitrogens with zero attached hydrogens (tertiary/aromatic N) is 3. The van der Waals surface area contributed by atoms with Crippen LogP contribution in [0.3, 0.4) is 0 Å². The van der Waals surface area contributed by atoms with Gasteiger partial charge >= 0.3 is 0 Å². The van der Waals surface area contributed by atoms with Crippen LogP contribution in [0.15, 0.2) is 22.9 Å². The first kappa shape index (κ1) is 29.4. The van der Waals surface area contributed by atoms with Crippen LogP contribution in [0.25, 0.3) is 0 Å². The second kappa shape index (κ2) is 18.3. The normalized spacial score (nSPS) is 10.5. The largest absolute Gasteiger partial charge is 0.364 e. The minimum atomic E-state index is 0. The van der Waals surface area contributed by atoms with E-state index in [4.69, 9.17) is 0 Å². The lowest BCUT2D eigenvalue weighted by atomic mass is 10.4. The molecule has 0 aliphatic carbocycles. The van der Waals surface area contributed by atoms with Gasteiger partial charge in [0.05, 0.1) is 18.6 Å². The van der Waals surface area contributed by atoms with Crippen molar-refractivity contribution >= 4 is 89.0 Å². The van der Waals surface area contributed by atoms with E-state index in [0.717, 1.165) is 52.7 Å². The van der Waals surface area contributed by atoms with Crippen LogP contribution in [0.1, 0.15) is 16.4 Å². The predicted octanol–water partition coefficient (Wildman–Crippen LogP) is 4.92.